The second kappa shape index (κ2) is 4.76. The molecule has 0 bridgehead atoms. The highest BCUT2D eigenvalue weighted by Crippen LogP contribution is 2.44. The molecule has 0 unspecified atom stereocenters. The molecule has 0 N–H and O–H groups in total. The number of carbonyl (C=O) groups is 1. The van der Waals surface area contributed by atoms with E-state index >= 15 is 0 Å². The van der Waals surface area contributed by atoms with Crippen molar-refractivity contribution in [3.05, 3.63) is 71.8 Å². The Balaban J connectivity index is 2.10. The van der Waals surface area contributed by atoms with Gasteiger partial charge in [0.2, 0.25) is 5.60 Å². The minimum atomic E-state index is -0.993. The number of benzene rings is 2. The van der Waals surface area contributed by atoms with Crippen LogP contribution in [-0.2, 0) is 15.2 Å². The largest absolute Gasteiger partial charge is 0.290 e. The summed E-state index contributed by atoms with van der Waals surface area (Å²) in [6, 6.07) is 19.3. The van der Waals surface area contributed by atoms with Crippen molar-refractivity contribution in [2.45, 2.75) is 25.5 Å². The molecule has 1 aliphatic heterocycles. The Morgan fingerprint density at radius 1 is 0.900 bits per heavy atom. The Labute approximate surface area is 118 Å². The van der Waals surface area contributed by atoms with Gasteiger partial charge in [0.25, 0.3) is 5.91 Å². The SMILES string of the molecule is CC(C)N1OC(c2ccccc2)(c2ccccc2)C1=O. The van der Waals surface area contributed by atoms with Gasteiger partial charge >= 0.3 is 0 Å². The number of hydrogen-bond acceptors (Lipinski definition) is 2. The van der Waals surface area contributed by atoms with E-state index < -0.39 is 5.60 Å². The molecule has 1 amide bonds. The Morgan fingerprint density at radius 2 is 1.35 bits per heavy atom. The van der Waals surface area contributed by atoms with Gasteiger partial charge in [0.1, 0.15) is 0 Å². The summed E-state index contributed by atoms with van der Waals surface area (Å²) in [6.45, 7) is 3.88. The molecule has 1 heterocycles. The van der Waals surface area contributed by atoms with E-state index in [-0.39, 0.29) is 11.9 Å². The first-order valence-electron chi connectivity index (χ1n) is 6.80. The Kier molecular flexibility index (Phi) is 3.07. The standard InChI is InChI=1S/C17H17NO2/c1-13(2)18-16(19)17(20-18,14-9-5-3-6-10-14)15-11-7-4-8-12-15/h3-13H,1-2H3. The van der Waals surface area contributed by atoms with Crippen LogP contribution in [0.4, 0.5) is 0 Å². The van der Waals surface area contributed by atoms with Gasteiger partial charge in [-0.15, -0.1) is 0 Å². The van der Waals surface area contributed by atoms with E-state index in [4.69, 9.17) is 4.84 Å². The van der Waals surface area contributed by atoms with Gasteiger partial charge < -0.3 is 0 Å². The average molecular weight is 267 g/mol. The lowest BCUT2D eigenvalue weighted by Gasteiger charge is -2.49. The van der Waals surface area contributed by atoms with Crippen molar-refractivity contribution in [2.75, 3.05) is 0 Å². The zero-order valence-electron chi connectivity index (χ0n) is 11.6. The lowest BCUT2D eigenvalue weighted by Crippen LogP contribution is -2.64. The molecule has 0 spiro atoms. The predicted molar refractivity (Wildman–Crippen MR) is 76.7 cm³/mol. The van der Waals surface area contributed by atoms with Crippen LogP contribution in [0.5, 0.6) is 0 Å². The first kappa shape index (κ1) is 12.9. The summed E-state index contributed by atoms with van der Waals surface area (Å²) in [4.78, 5) is 18.7. The van der Waals surface area contributed by atoms with E-state index in [0.29, 0.717) is 0 Å². The lowest BCUT2D eigenvalue weighted by atomic mass is 9.83. The van der Waals surface area contributed by atoms with Crippen LogP contribution < -0.4 is 0 Å². The second-order valence-electron chi connectivity index (χ2n) is 5.23. The van der Waals surface area contributed by atoms with Crippen molar-refractivity contribution < 1.29 is 9.63 Å². The van der Waals surface area contributed by atoms with Crippen molar-refractivity contribution in [2.24, 2.45) is 0 Å². The molecule has 3 nitrogen and oxygen atoms in total. The number of nitrogens with zero attached hydrogens (tertiary/aromatic N) is 1. The molecule has 1 aliphatic rings. The van der Waals surface area contributed by atoms with Gasteiger partial charge in [0, 0.05) is 11.1 Å². The van der Waals surface area contributed by atoms with E-state index in [1.807, 2.05) is 74.5 Å². The van der Waals surface area contributed by atoms with Crippen molar-refractivity contribution in [3.63, 3.8) is 0 Å². The topological polar surface area (TPSA) is 29.5 Å². The van der Waals surface area contributed by atoms with E-state index in [9.17, 15) is 4.79 Å². The molecule has 0 saturated carbocycles. The van der Waals surface area contributed by atoms with Crippen LogP contribution in [0.25, 0.3) is 0 Å². The van der Waals surface area contributed by atoms with Gasteiger partial charge in [-0.3, -0.25) is 4.79 Å². The summed E-state index contributed by atoms with van der Waals surface area (Å²) in [5, 5.41) is 1.44. The van der Waals surface area contributed by atoms with Crippen molar-refractivity contribution in [1.82, 2.24) is 5.06 Å². The zero-order chi connectivity index (χ0) is 14.2. The van der Waals surface area contributed by atoms with Crippen molar-refractivity contribution in [1.29, 1.82) is 0 Å². The highest BCUT2D eigenvalue weighted by atomic mass is 16.7. The van der Waals surface area contributed by atoms with Gasteiger partial charge in [0.05, 0.1) is 6.04 Å². The van der Waals surface area contributed by atoms with Gasteiger partial charge in [0.15, 0.2) is 0 Å². The molecule has 1 saturated heterocycles. The second-order valence-corrected chi connectivity index (χ2v) is 5.23. The van der Waals surface area contributed by atoms with Gasteiger partial charge in [-0.25, -0.2) is 9.90 Å². The molecule has 3 rings (SSSR count). The van der Waals surface area contributed by atoms with Gasteiger partial charge in [-0.05, 0) is 13.8 Å². The van der Waals surface area contributed by atoms with E-state index in [0.717, 1.165) is 11.1 Å². The van der Waals surface area contributed by atoms with Crippen LogP contribution in [-0.4, -0.2) is 17.0 Å². The van der Waals surface area contributed by atoms with Crippen molar-refractivity contribution >= 4 is 5.91 Å². The zero-order valence-corrected chi connectivity index (χ0v) is 11.6. The van der Waals surface area contributed by atoms with E-state index in [2.05, 4.69) is 0 Å². The third-order valence-corrected chi connectivity index (χ3v) is 3.57. The Bertz CT molecular complexity index is 568. The predicted octanol–water partition coefficient (Wildman–Crippen LogP) is 3.11. The number of amides is 1. The normalized spacial score (nSPS) is 17.1. The number of carbonyl (C=O) groups excluding carboxylic acids is 1. The summed E-state index contributed by atoms with van der Waals surface area (Å²) in [6.07, 6.45) is 0. The first-order chi connectivity index (χ1) is 9.66. The first-order valence-corrected chi connectivity index (χ1v) is 6.80. The van der Waals surface area contributed by atoms with Gasteiger partial charge in [-0.1, -0.05) is 60.7 Å². The maximum absolute atomic E-state index is 12.7. The molecule has 2 aromatic rings. The quantitative estimate of drug-likeness (QED) is 0.855. The minimum absolute atomic E-state index is 0.00935. The number of hydroxylamine groups is 2. The summed E-state index contributed by atoms with van der Waals surface area (Å²) in [5.74, 6) is -0.00935. The molecule has 3 heteroatoms. The molecular weight excluding hydrogens is 250 g/mol. The molecule has 0 aromatic heterocycles. The fourth-order valence-electron chi connectivity index (χ4n) is 2.55. The molecule has 0 aliphatic carbocycles. The van der Waals surface area contributed by atoms with Crippen LogP contribution in [0.2, 0.25) is 0 Å². The molecular formula is C17H17NO2. The number of hydrogen-bond donors (Lipinski definition) is 0. The maximum Gasteiger partial charge on any atom is 0.290 e. The minimum Gasteiger partial charge on any atom is -0.268 e. The molecule has 2 aromatic carbocycles. The average Bonchev–Trinajstić information content (AvgIpc) is 2.48. The molecule has 1 fully saturated rings. The van der Waals surface area contributed by atoms with E-state index in [1.54, 1.807) is 0 Å². The Morgan fingerprint density at radius 3 is 1.70 bits per heavy atom. The Hall–Kier alpha value is -2.13. The summed E-state index contributed by atoms with van der Waals surface area (Å²) < 4.78 is 0. The highest BCUT2D eigenvalue weighted by molar-refractivity contribution is 5.93. The molecule has 102 valence electrons. The smallest absolute Gasteiger partial charge is 0.268 e. The highest BCUT2D eigenvalue weighted by Gasteiger charge is 2.57. The maximum atomic E-state index is 12.7. The lowest BCUT2D eigenvalue weighted by molar-refractivity contribution is -0.310. The van der Waals surface area contributed by atoms with Crippen LogP contribution in [0.1, 0.15) is 25.0 Å². The van der Waals surface area contributed by atoms with Crippen molar-refractivity contribution in [3.8, 4) is 0 Å². The third kappa shape index (κ3) is 1.74. The van der Waals surface area contributed by atoms with Crippen LogP contribution in [0, 0.1) is 0 Å². The monoisotopic (exact) mass is 267 g/mol. The molecule has 20 heavy (non-hydrogen) atoms. The molecule has 0 radical (unpaired) electrons. The number of rotatable bonds is 3. The summed E-state index contributed by atoms with van der Waals surface area (Å²) in [5.41, 5.74) is 0.744. The summed E-state index contributed by atoms with van der Waals surface area (Å²) in [7, 11) is 0. The van der Waals surface area contributed by atoms with Crippen LogP contribution >= 0.6 is 0 Å². The fraction of sp³-hybridized carbons (Fsp3) is 0.235. The van der Waals surface area contributed by atoms with Crippen LogP contribution in [0.15, 0.2) is 60.7 Å². The van der Waals surface area contributed by atoms with E-state index in [1.165, 1.54) is 5.06 Å². The fourth-order valence-corrected chi connectivity index (χ4v) is 2.55. The summed E-state index contributed by atoms with van der Waals surface area (Å²) >= 11 is 0. The third-order valence-electron chi connectivity index (χ3n) is 3.57. The molecule has 0 atom stereocenters. The van der Waals surface area contributed by atoms with Gasteiger partial charge in [-0.2, -0.15) is 0 Å². The van der Waals surface area contributed by atoms with Crippen LogP contribution in [0.3, 0.4) is 0 Å².